The van der Waals surface area contributed by atoms with Gasteiger partial charge in [-0.15, -0.1) is 0 Å². The van der Waals surface area contributed by atoms with E-state index in [1.807, 2.05) is 0 Å². The number of fused-ring (bicyclic) bond motifs is 1. The minimum Gasteiger partial charge on any atom is -0.507 e. The van der Waals surface area contributed by atoms with E-state index in [9.17, 15) is 13.5 Å². The maximum atomic E-state index is 12.4. The predicted octanol–water partition coefficient (Wildman–Crippen LogP) is 2.38. The Morgan fingerprint density at radius 1 is 1.14 bits per heavy atom. The van der Waals surface area contributed by atoms with Gasteiger partial charge in [0.15, 0.2) is 0 Å². The lowest BCUT2D eigenvalue weighted by Gasteiger charge is -2.10. The number of nitrogens with one attached hydrogen (secondary N) is 2. The maximum Gasteiger partial charge on any atom is 0.265 e. The molecule has 3 rings (SSSR count). The van der Waals surface area contributed by atoms with Crippen LogP contribution in [0.1, 0.15) is 5.69 Å². The summed E-state index contributed by atoms with van der Waals surface area (Å²) >= 11 is 0. The molecule has 0 radical (unpaired) electrons. The van der Waals surface area contributed by atoms with Crippen LogP contribution in [0.2, 0.25) is 0 Å². The van der Waals surface area contributed by atoms with Crippen molar-refractivity contribution < 1.29 is 13.5 Å². The molecule has 3 N–H and O–H groups in total. The molecule has 21 heavy (non-hydrogen) atoms. The minimum absolute atomic E-state index is 0.0969. The molecule has 108 valence electrons. The monoisotopic (exact) mass is 303 g/mol. The number of hydrogen-bond donors (Lipinski definition) is 3. The molecule has 0 saturated carbocycles. The van der Waals surface area contributed by atoms with Crippen molar-refractivity contribution in [1.29, 1.82) is 0 Å². The second-order valence-corrected chi connectivity index (χ2v) is 6.29. The summed E-state index contributed by atoms with van der Waals surface area (Å²) in [6, 6.07) is 10.0. The highest BCUT2D eigenvalue weighted by Gasteiger charge is 2.19. The van der Waals surface area contributed by atoms with Crippen molar-refractivity contribution in [2.45, 2.75) is 11.8 Å². The molecular weight excluding hydrogens is 290 g/mol. The molecule has 0 amide bonds. The normalized spacial score (nSPS) is 11.7. The van der Waals surface area contributed by atoms with Crippen molar-refractivity contribution in [3.63, 3.8) is 0 Å². The summed E-state index contributed by atoms with van der Waals surface area (Å²) in [5.74, 6) is 0.105. The lowest BCUT2D eigenvalue weighted by Crippen LogP contribution is -2.13. The number of anilines is 1. The Kier molecular flexibility index (Phi) is 3.06. The zero-order chi connectivity index (χ0) is 15.0. The molecular formula is C14H13N3O3S. The van der Waals surface area contributed by atoms with Crippen LogP contribution in [0.4, 0.5) is 5.69 Å². The van der Waals surface area contributed by atoms with Gasteiger partial charge in [-0.25, -0.2) is 8.42 Å². The molecule has 1 aromatic heterocycles. The number of sulfonamides is 1. The first-order valence-electron chi connectivity index (χ1n) is 6.22. The predicted molar refractivity (Wildman–Crippen MR) is 79.7 cm³/mol. The molecule has 0 aliphatic carbocycles. The Morgan fingerprint density at radius 2 is 1.86 bits per heavy atom. The highest BCUT2D eigenvalue weighted by Crippen LogP contribution is 2.31. The largest absolute Gasteiger partial charge is 0.507 e. The van der Waals surface area contributed by atoms with Crippen molar-refractivity contribution in [3.8, 4) is 5.75 Å². The lowest BCUT2D eigenvalue weighted by molar-refractivity contribution is 0.481. The Balaban J connectivity index is 2.11. The summed E-state index contributed by atoms with van der Waals surface area (Å²) in [5.41, 5.74) is 0.870. The maximum absolute atomic E-state index is 12.4. The zero-order valence-electron chi connectivity index (χ0n) is 11.2. The Bertz CT molecular complexity index is 916. The molecule has 1 heterocycles. The number of aromatic nitrogens is 2. The Hall–Kier alpha value is -2.54. The van der Waals surface area contributed by atoms with E-state index < -0.39 is 10.0 Å². The minimum atomic E-state index is -3.73. The molecule has 0 unspecified atom stereocenters. The molecule has 0 atom stereocenters. The van der Waals surface area contributed by atoms with Crippen molar-refractivity contribution in [1.82, 2.24) is 10.2 Å². The van der Waals surface area contributed by atoms with E-state index in [1.165, 1.54) is 6.20 Å². The van der Waals surface area contributed by atoms with Crippen LogP contribution < -0.4 is 4.72 Å². The Morgan fingerprint density at radius 3 is 2.57 bits per heavy atom. The highest BCUT2D eigenvalue weighted by molar-refractivity contribution is 7.92. The number of hydrogen-bond acceptors (Lipinski definition) is 4. The third-order valence-corrected chi connectivity index (χ3v) is 4.70. The van der Waals surface area contributed by atoms with E-state index >= 15 is 0 Å². The molecule has 7 heteroatoms. The quantitative estimate of drug-likeness (QED) is 0.692. The van der Waals surface area contributed by atoms with Gasteiger partial charge < -0.3 is 5.11 Å². The van der Waals surface area contributed by atoms with Gasteiger partial charge in [-0.2, -0.15) is 5.10 Å². The van der Waals surface area contributed by atoms with E-state index in [4.69, 9.17) is 0 Å². The molecule has 2 aromatic carbocycles. The summed E-state index contributed by atoms with van der Waals surface area (Å²) in [6.07, 6.45) is 1.26. The van der Waals surface area contributed by atoms with E-state index in [1.54, 1.807) is 43.3 Å². The number of aromatic amines is 1. The number of aryl methyl sites for hydroxylation is 1. The number of phenols is 1. The lowest BCUT2D eigenvalue weighted by atomic mass is 10.1. The SMILES string of the molecule is Cc1[nH]ncc1S(=O)(=O)Nc1cccc2c(O)cccc12. The fraction of sp³-hybridized carbons (Fsp3) is 0.0714. The molecule has 0 aliphatic heterocycles. The molecule has 0 spiro atoms. The van der Waals surface area contributed by atoms with Gasteiger partial charge in [0.05, 0.1) is 17.6 Å². The fourth-order valence-electron chi connectivity index (χ4n) is 2.19. The van der Waals surface area contributed by atoms with Crippen molar-refractivity contribution in [3.05, 3.63) is 48.3 Å². The summed E-state index contributed by atoms with van der Waals surface area (Å²) in [5, 5.41) is 17.4. The highest BCUT2D eigenvalue weighted by atomic mass is 32.2. The first kappa shape index (κ1) is 13.4. The van der Waals surface area contributed by atoms with E-state index in [2.05, 4.69) is 14.9 Å². The molecule has 0 bridgehead atoms. The van der Waals surface area contributed by atoms with E-state index in [0.29, 0.717) is 22.2 Å². The second kappa shape index (κ2) is 4.78. The topological polar surface area (TPSA) is 95.1 Å². The van der Waals surface area contributed by atoms with Gasteiger partial charge in [0.25, 0.3) is 10.0 Å². The molecule has 3 aromatic rings. The average molecular weight is 303 g/mol. The van der Waals surface area contributed by atoms with Crippen LogP contribution in [0.25, 0.3) is 10.8 Å². The van der Waals surface area contributed by atoms with Crippen LogP contribution >= 0.6 is 0 Å². The first-order chi connectivity index (χ1) is 9.99. The number of nitrogens with zero attached hydrogens (tertiary/aromatic N) is 1. The summed E-state index contributed by atoms with van der Waals surface area (Å²) in [7, 11) is -3.73. The van der Waals surface area contributed by atoms with Gasteiger partial charge in [0, 0.05) is 10.8 Å². The van der Waals surface area contributed by atoms with Gasteiger partial charge in [0.2, 0.25) is 0 Å². The van der Waals surface area contributed by atoms with Gasteiger partial charge >= 0.3 is 0 Å². The smallest absolute Gasteiger partial charge is 0.265 e. The van der Waals surface area contributed by atoms with E-state index in [0.717, 1.165) is 0 Å². The fourth-order valence-corrected chi connectivity index (χ4v) is 3.41. The van der Waals surface area contributed by atoms with Crippen LogP contribution in [0.15, 0.2) is 47.5 Å². The Labute approximate surface area is 121 Å². The number of phenolic OH excluding ortho intramolecular Hbond substituents is 1. The van der Waals surface area contributed by atoms with Crippen molar-refractivity contribution in [2.24, 2.45) is 0 Å². The number of benzene rings is 2. The summed E-state index contributed by atoms with van der Waals surface area (Å²) < 4.78 is 27.3. The van der Waals surface area contributed by atoms with Gasteiger partial charge in [0.1, 0.15) is 10.6 Å². The molecule has 0 fully saturated rings. The van der Waals surface area contributed by atoms with Crippen LogP contribution in [-0.2, 0) is 10.0 Å². The molecule has 0 aliphatic rings. The van der Waals surface area contributed by atoms with E-state index in [-0.39, 0.29) is 10.6 Å². The molecule has 0 saturated heterocycles. The average Bonchev–Trinajstić information content (AvgIpc) is 2.87. The first-order valence-corrected chi connectivity index (χ1v) is 7.71. The van der Waals surface area contributed by atoms with Crippen LogP contribution in [-0.4, -0.2) is 23.7 Å². The number of H-pyrrole nitrogens is 1. The van der Waals surface area contributed by atoms with Gasteiger partial charge in [-0.05, 0) is 19.1 Å². The van der Waals surface area contributed by atoms with Crippen molar-refractivity contribution >= 4 is 26.5 Å². The summed E-state index contributed by atoms with van der Waals surface area (Å²) in [6.45, 7) is 1.64. The van der Waals surface area contributed by atoms with Gasteiger partial charge in [-0.3, -0.25) is 9.82 Å². The third-order valence-electron chi connectivity index (χ3n) is 3.22. The third kappa shape index (κ3) is 2.31. The zero-order valence-corrected chi connectivity index (χ0v) is 12.0. The standard InChI is InChI=1S/C14H13N3O3S/c1-9-14(8-15-16-9)21(19,20)17-12-6-2-5-11-10(12)4-3-7-13(11)18/h2-8,17-18H,1H3,(H,15,16). The van der Waals surface area contributed by atoms with Crippen molar-refractivity contribution in [2.75, 3.05) is 4.72 Å². The number of aromatic hydroxyl groups is 1. The van der Waals surface area contributed by atoms with Gasteiger partial charge in [-0.1, -0.05) is 24.3 Å². The number of rotatable bonds is 3. The van der Waals surface area contributed by atoms with Crippen LogP contribution in [0.3, 0.4) is 0 Å². The summed E-state index contributed by atoms with van der Waals surface area (Å²) in [4.78, 5) is 0.0969. The van der Waals surface area contributed by atoms with Crippen LogP contribution in [0.5, 0.6) is 5.75 Å². The second-order valence-electron chi connectivity index (χ2n) is 4.64. The molecule has 6 nitrogen and oxygen atoms in total. The van der Waals surface area contributed by atoms with Crippen LogP contribution in [0, 0.1) is 6.92 Å².